The second-order valence-electron chi connectivity index (χ2n) is 6.86. The van der Waals surface area contributed by atoms with Crippen molar-refractivity contribution in [1.29, 1.82) is 0 Å². The molecule has 0 radical (unpaired) electrons. The standard InChI is InChI=1S/C25H18FNO4/c1-27-25(30)23-20-14-17(19-5-3-2-4-15(19)9-13-22(28)29)8-12-21(20)31-24(23)16-6-10-18(26)11-7-16/h2-14H,1H3,(H,27,30)(H,28,29)/b13-9+. The zero-order chi connectivity index (χ0) is 22.0. The summed E-state index contributed by atoms with van der Waals surface area (Å²) in [6.45, 7) is 0. The molecule has 4 rings (SSSR count). The Morgan fingerprint density at radius 1 is 1.00 bits per heavy atom. The number of amides is 1. The lowest BCUT2D eigenvalue weighted by molar-refractivity contribution is -0.131. The summed E-state index contributed by atoms with van der Waals surface area (Å²) >= 11 is 0. The van der Waals surface area contributed by atoms with Crippen LogP contribution in [-0.2, 0) is 4.79 Å². The van der Waals surface area contributed by atoms with Crippen molar-refractivity contribution in [2.75, 3.05) is 7.05 Å². The monoisotopic (exact) mass is 415 g/mol. The minimum absolute atomic E-state index is 0.325. The molecule has 0 aliphatic rings. The van der Waals surface area contributed by atoms with Gasteiger partial charge in [0.25, 0.3) is 5.91 Å². The molecule has 0 saturated heterocycles. The number of hydrogen-bond donors (Lipinski definition) is 2. The fraction of sp³-hybridized carbons (Fsp3) is 0.0400. The molecule has 4 aromatic rings. The van der Waals surface area contributed by atoms with Gasteiger partial charge in [0, 0.05) is 24.1 Å². The summed E-state index contributed by atoms with van der Waals surface area (Å²) < 4.78 is 19.3. The van der Waals surface area contributed by atoms with E-state index >= 15 is 0 Å². The number of aliphatic carboxylic acids is 1. The number of furan rings is 1. The van der Waals surface area contributed by atoms with Gasteiger partial charge in [-0.15, -0.1) is 0 Å². The zero-order valence-electron chi connectivity index (χ0n) is 16.6. The van der Waals surface area contributed by atoms with Gasteiger partial charge in [0.15, 0.2) is 0 Å². The molecule has 0 aliphatic carbocycles. The highest BCUT2D eigenvalue weighted by Crippen LogP contribution is 2.37. The van der Waals surface area contributed by atoms with E-state index in [1.54, 1.807) is 18.2 Å². The van der Waals surface area contributed by atoms with Crippen LogP contribution < -0.4 is 5.32 Å². The van der Waals surface area contributed by atoms with Gasteiger partial charge in [0.05, 0.1) is 5.56 Å². The molecule has 1 amide bonds. The van der Waals surface area contributed by atoms with Gasteiger partial charge in [-0.05, 0) is 59.2 Å². The lowest BCUT2D eigenvalue weighted by atomic mass is 9.96. The number of carboxylic acid groups (broad SMARTS) is 1. The predicted octanol–water partition coefficient (Wildman–Crippen LogP) is 5.36. The molecule has 154 valence electrons. The molecular weight excluding hydrogens is 397 g/mol. The van der Waals surface area contributed by atoms with Crippen LogP contribution in [0.3, 0.4) is 0 Å². The minimum Gasteiger partial charge on any atom is -0.478 e. The SMILES string of the molecule is CNC(=O)c1c(-c2ccc(F)cc2)oc2ccc(-c3ccccc3/C=C/C(=O)O)cc12. The summed E-state index contributed by atoms with van der Waals surface area (Å²) in [4.78, 5) is 23.7. The third kappa shape index (κ3) is 3.96. The molecule has 0 fully saturated rings. The molecule has 2 N–H and O–H groups in total. The van der Waals surface area contributed by atoms with E-state index in [0.717, 1.165) is 22.8 Å². The third-order valence-corrected chi connectivity index (χ3v) is 4.93. The summed E-state index contributed by atoms with van der Waals surface area (Å²) in [5.41, 5.74) is 3.80. The van der Waals surface area contributed by atoms with Crippen molar-refractivity contribution in [3.63, 3.8) is 0 Å². The highest BCUT2D eigenvalue weighted by atomic mass is 19.1. The van der Waals surface area contributed by atoms with Crippen LogP contribution in [0.4, 0.5) is 4.39 Å². The van der Waals surface area contributed by atoms with Gasteiger partial charge in [0.2, 0.25) is 0 Å². The molecule has 6 heteroatoms. The van der Waals surface area contributed by atoms with Crippen molar-refractivity contribution in [1.82, 2.24) is 5.32 Å². The van der Waals surface area contributed by atoms with Crippen LogP contribution in [-0.4, -0.2) is 24.0 Å². The Kier molecular flexibility index (Phi) is 5.37. The van der Waals surface area contributed by atoms with Crippen molar-refractivity contribution < 1.29 is 23.5 Å². The Bertz CT molecular complexity index is 1320. The summed E-state index contributed by atoms with van der Waals surface area (Å²) in [5, 5.41) is 12.2. The Hall–Kier alpha value is -4.19. The normalized spacial score (nSPS) is 11.2. The summed E-state index contributed by atoms with van der Waals surface area (Å²) in [5.74, 6) is -1.39. The predicted molar refractivity (Wildman–Crippen MR) is 117 cm³/mol. The van der Waals surface area contributed by atoms with Crippen molar-refractivity contribution in [2.45, 2.75) is 0 Å². The fourth-order valence-electron chi connectivity index (χ4n) is 3.49. The number of carbonyl (C=O) groups is 2. The maximum absolute atomic E-state index is 13.4. The highest BCUT2D eigenvalue weighted by molar-refractivity contribution is 6.12. The zero-order valence-corrected chi connectivity index (χ0v) is 16.6. The van der Waals surface area contributed by atoms with Gasteiger partial charge in [0.1, 0.15) is 17.2 Å². The Labute approximate surface area is 177 Å². The number of rotatable bonds is 5. The largest absolute Gasteiger partial charge is 0.478 e. The smallest absolute Gasteiger partial charge is 0.328 e. The molecule has 0 bridgehead atoms. The van der Waals surface area contributed by atoms with E-state index in [0.29, 0.717) is 27.9 Å². The van der Waals surface area contributed by atoms with Crippen molar-refractivity contribution in [3.8, 4) is 22.5 Å². The average molecular weight is 415 g/mol. The van der Waals surface area contributed by atoms with Crippen LogP contribution in [0.25, 0.3) is 39.5 Å². The molecule has 5 nitrogen and oxygen atoms in total. The van der Waals surface area contributed by atoms with Crippen LogP contribution in [0.15, 0.2) is 77.2 Å². The van der Waals surface area contributed by atoms with Gasteiger partial charge >= 0.3 is 5.97 Å². The van der Waals surface area contributed by atoms with Gasteiger partial charge < -0.3 is 14.8 Å². The maximum Gasteiger partial charge on any atom is 0.328 e. The van der Waals surface area contributed by atoms with Gasteiger partial charge in [-0.3, -0.25) is 4.79 Å². The van der Waals surface area contributed by atoms with Gasteiger partial charge in [-0.1, -0.05) is 30.3 Å². The van der Waals surface area contributed by atoms with Gasteiger partial charge in [-0.25, -0.2) is 9.18 Å². The molecular formula is C25H18FNO4. The second kappa shape index (κ2) is 8.28. The first kappa shape index (κ1) is 20.1. The first-order valence-electron chi connectivity index (χ1n) is 9.53. The number of carboxylic acids is 1. The third-order valence-electron chi connectivity index (χ3n) is 4.93. The minimum atomic E-state index is -1.04. The average Bonchev–Trinajstić information content (AvgIpc) is 3.16. The van der Waals surface area contributed by atoms with E-state index in [1.165, 1.54) is 25.3 Å². The van der Waals surface area contributed by atoms with Crippen LogP contribution in [0.2, 0.25) is 0 Å². The molecule has 0 saturated carbocycles. The molecule has 0 aliphatic heterocycles. The lowest BCUT2D eigenvalue weighted by Gasteiger charge is -2.07. The highest BCUT2D eigenvalue weighted by Gasteiger charge is 2.22. The van der Waals surface area contributed by atoms with Crippen LogP contribution in [0.1, 0.15) is 15.9 Å². The number of fused-ring (bicyclic) bond motifs is 1. The molecule has 1 aromatic heterocycles. The van der Waals surface area contributed by atoms with E-state index in [9.17, 15) is 14.0 Å². The Morgan fingerprint density at radius 2 is 1.71 bits per heavy atom. The molecule has 0 unspecified atom stereocenters. The second-order valence-corrected chi connectivity index (χ2v) is 6.86. The Balaban J connectivity index is 1.92. The number of benzene rings is 3. The van der Waals surface area contributed by atoms with Crippen molar-refractivity contribution >= 4 is 28.9 Å². The van der Waals surface area contributed by atoms with Crippen molar-refractivity contribution in [2.24, 2.45) is 0 Å². The molecule has 0 atom stereocenters. The fourth-order valence-corrected chi connectivity index (χ4v) is 3.49. The Morgan fingerprint density at radius 3 is 2.42 bits per heavy atom. The van der Waals surface area contributed by atoms with Crippen molar-refractivity contribution in [3.05, 3.63) is 89.8 Å². The van der Waals surface area contributed by atoms with E-state index in [4.69, 9.17) is 9.52 Å². The number of hydrogen-bond acceptors (Lipinski definition) is 3. The molecule has 0 spiro atoms. The van der Waals surface area contributed by atoms with E-state index in [1.807, 2.05) is 36.4 Å². The molecule has 31 heavy (non-hydrogen) atoms. The quantitative estimate of drug-likeness (QED) is 0.430. The molecule has 3 aromatic carbocycles. The number of carbonyl (C=O) groups excluding carboxylic acids is 1. The maximum atomic E-state index is 13.4. The van der Waals surface area contributed by atoms with Crippen LogP contribution in [0, 0.1) is 5.82 Å². The number of nitrogens with one attached hydrogen (secondary N) is 1. The topological polar surface area (TPSA) is 79.5 Å². The van der Waals surface area contributed by atoms with Crippen LogP contribution in [0.5, 0.6) is 0 Å². The first-order chi connectivity index (χ1) is 15.0. The summed E-state index contributed by atoms with van der Waals surface area (Å²) in [6.07, 6.45) is 2.61. The van der Waals surface area contributed by atoms with Crippen LogP contribution >= 0.6 is 0 Å². The summed E-state index contributed by atoms with van der Waals surface area (Å²) in [6, 6.07) is 18.6. The lowest BCUT2D eigenvalue weighted by Crippen LogP contribution is -2.18. The first-order valence-corrected chi connectivity index (χ1v) is 9.53. The van der Waals surface area contributed by atoms with E-state index in [-0.39, 0.29) is 11.7 Å². The van der Waals surface area contributed by atoms with E-state index < -0.39 is 5.97 Å². The van der Waals surface area contributed by atoms with Gasteiger partial charge in [-0.2, -0.15) is 0 Å². The van der Waals surface area contributed by atoms with E-state index in [2.05, 4.69) is 5.32 Å². The molecule has 1 heterocycles. The summed E-state index contributed by atoms with van der Waals surface area (Å²) in [7, 11) is 1.53. The number of halogens is 1.